The summed E-state index contributed by atoms with van der Waals surface area (Å²) in [5.41, 5.74) is 2.00. The molecule has 8 nitrogen and oxygen atoms in total. The molecule has 0 aliphatic carbocycles. The third-order valence-electron chi connectivity index (χ3n) is 6.69. The van der Waals surface area contributed by atoms with Crippen molar-refractivity contribution in [3.63, 3.8) is 0 Å². The molecule has 39 heavy (non-hydrogen) atoms. The number of imidazole rings is 1. The number of benzene rings is 2. The number of carbonyl (C=O) groups excluding carboxylic acids is 2. The predicted molar refractivity (Wildman–Crippen MR) is 146 cm³/mol. The van der Waals surface area contributed by atoms with Gasteiger partial charge in [-0.1, -0.05) is 44.8 Å². The number of carbonyl (C=O) groups is 2. The van der Waals surface area contributed by atoms with Gasteiger partial charge < -0.3 is 19.1 Å². The number of nitrogens with zero attached hydrogens (tertiary/aromatic N) is 4. The van der Waals surface area contributed by atoms with Crippen molar-refractivity contribution in [1.82, 2.24) is 24.8 Å². The van der Waals surface area contributed by atoms with Crippen molar-refractivity contribution in [3.05, 3.63) is 111 Å². The fourth-order valence-corrected chi connectivity index (χ4v) is 5.06. The van der Waals surface area contributed by atoms with Gasteiger partial charge in [0.15, 0.2) is 11.5 Å². The van der Waals surface area contributed by atoms with E-state index in [-0.39, 0.29) is 36.9 Å². The first-order valence-electron chi connectivity index (χ1n) is 12.0. The van der Waals surface area contributed by atoms with Crippen molar-refractivity contribution >= 4 is 45.0 Å². The van der Waals surface area contributed by atoms with Crippen molar-refractivity contribution in [2.75, 3.05) is 13.1 Å². The van der Waals surface area contributed by atoms with E-state index >= 15 is 0 Å². The summed E-state index contributed by atoms with van der Waals surface area (Å²) in [6, 6.07) is 19.1. The fraction of sp³-hybridized carbons (Fsp3) is 0.143. The van der Waals surface area contributed by atoms with E-state index < -0.39 is 11.4 Å². The Kier molecular flexibility index (Phi) is 6.44. The van der Waals surface area contributed by atoms with Crippen molar-refractivity contribution < 1.29 is 18.5 Å². The lowest BCUT2D eigenvalue weighted by atomic mass is 9.81. The minimum atomic E-state index is -0.811. The second-order valence-corrected chi connectivity index (χ2v) is 10.8. The molecule has 0 radical (unpaired) electrons. The van der Waals surface area contributed by atoms with Gasteiger partial charge in [-0.25, -0.2) is 9.37 Å². The van der Waals surface area contributed by atoms with Gasteiger partial charge in [0.2, 0.25) is 5.91 Å². The maximum atomic E-state index is 13.5. The molecule has 1 aliphatic heterocycles. The van der Waals surface area contributed by atoms with Crippen LogP contribution in [0.5, 0.6) is 0 Å². The molecule has 3 aromatic heterocycles. The maximum Gasteiger partial charge on any atom is 0.274 e. The van der Waals surface area contributed by atoms with Crippen LogP contribution >= 0.6 is 27.5 Å². The van der Waals surface area contributed by atoms with Gasteiger partial charge in [0.1, 0.15) is 17.0 Å². The van der Waals surface area contributed by atoms with Crippen molar-refractivity contribution in [2.45, 2.75) is 12.0 Å². The third kappa shape index (κ3) is 5.05. The second kappa shape index (κ2) is 9.94. The SMILES string of the molecule is O=C(NC1(c2ccc(Br)cc2)CN(C(=O)Cc2cn3cc(F)ccc3n2)C1)c1cc(-c2ccc(Cl)cc2)on1. The van der Waals surface area contributed by atoms with Crippen LogP contribution < -0.4 is 5.32 Å². The monoisotopic (exact) mass is 607 g/mol. The summed E-state index contributed by atoms with van der Waals surface area (Å²) in [6.45, 7) is 0.534. The van der Waals surface area contributed by atoms with Crippen LogP contribution in [0.15, 0.2) is 88.1 Å². The van der Waals surface area contributed by atoms with Crippen LogP contribution in [0, 0.1) is 5.82 Å². The Hall–Kier alpha value is -4.02. The Morgan fingerprint density at radius 2 is 1.79 bits per heavy atom. The molecule has 1 N–H and O–H groups in total. The molecule has 5 aromatic rings. The van der Waals surface area contributed by atoms with Crippen molar-refractivity contribution in [1.29, 1.82) is 0 Å². The van der Waals surface area contributed by atoms with Gasteiger partial charge >= 0.3 is 0 Å². The van der Waals surface area contributed by atoms with E-state index in [0.717, 1.165) is 15.6 Å². The zero-order valence-corrected chi connectivity index (χ0v) is 22.6. The lowest BCUT2D eigenvalue weighted by Gasteiger charge is -2.50. The normalized spacial score (nSPS) is 14.3. The first kappa shape index (κ1) is 25.3. The summed E-state index contributed by atoms with van der Waals surface area (Å²) < 4.78 is 21.4. The van der Waals surface area contributed by atoms with Crippen LogP contribution in [0.1, 0.15) is 21.7 Å². The third-order valence-corrected chi connectivity index (χ3v) is 7.47. The number of amides is 2. The van der Waals surface area contributed by atoms with E-state index in [2.05, 4.69) is 31.4 Å². The van der Waals surface area contributed by atoms with Crippen LogP contribution in [0.4, 0.5) is 4.39 Å². The molecule has 6 rings (SSSR count). The van der Waals surface area contributed by atoms with Crippen LogP contribution in [0.3, 0.4) is 0 Å². The summed E-state index contributed by atoms with van der Waals surface area (Å²) >= 11 is 9.41. The molecule has 2 aromatic carbocycles. The van der Waals surface area contributed by atoms with Gasteiger partial charge in [-0.3, -0.25) is 9.59 Å². The highest BCUT2D eigenvalue weighted by Crippen LogP contribution is 2.34. The van der Waals surface area contributed by atoms with E-state index in [1.807, 2.05) is 24.3 Å². The first-order chi connectivity index (χ1) is 18.8. The predicted octanol–water partition coefficient (Wildman–Crippen LogP) is 5.25. The quantitative estimate of drug-likeness (QED) is 0.284. The summed E-state index contributed by atoms with van der Waals surface area (Å²) in [6.07, 6.45) is 3.01. The zero-order valence-electron chi connectivity index (χ0n) is 20.3. The molecule has 196 valence electrons. The van der Waals surface area contributed by atoms with Gasteiger partial charge in [0, 0.05) is 46.6 Å². The van der Waals surface area contributed by atoms with Crippen molar-refractivity contribution in [3.8, 4) is 11.3 Å². The number of likely N-dealkylation sites (tertiary alicyclic amines) is 1. The van der Waals surface area contributed by atoms with Crippen LogP contribution in [-0.2, 0) is 16.8 Å². The standard InChI is InChI=1S/C28H20BrClFN5O3/c29-19-5-3-18(4-6-19)28(33-27(38)23-12-24(39-34-23)17-1-7-20(30)8-2-17)15-36(16-28)26(37)11-22-14-35-13-21(31)9-10-25(35)32-22/h1-10,12-14H,11,15-16H2,(H,33,38). The number of rotatable bonds is 6. The number of pyridine rings is 1. The minimum Gasteiger partial charge on any atom is -0.355 e. The van der Waals surface area contributed by atoms with Gasteiger partial charge in [-0.15, -0.1) is 0 Å². The second-order valence-electron chi connectivity index (χ2n) is 9.40. The molecule has 4 heterocycles. The molecule has 0 unspecified atom stereocenters. The van der Waals surface area contributed by atoms with Crippen molar-refractivity contribution in [2.24, 2.45) is 0 Å². The fourth-order valence-electron chi connectivity index (χ4n) is 4.67. The zero-order chi connectivity index (χ0) is 27.1. The number of nitrogens with one attached hydrogen (secondary N) is 1. The Morgan fingerprint density at radius 3 is 2.54 bits per heavy atom. The van der Waals surface area contributed by atoms with Crippen LogP contribution in [0.2, 0.25) is 5.02 Å². The molecule has 1 saturated heterocycles. The molecule has 0 spiro atoms. The highest BCUT2D eigenvalue weighted by atomic mass is 79.9. The van der Waals surface area contributed by atoms with Gasteiger partial charge in [-0.2, -0.15) is 0 Å². The highest BCUT2D eigenvalue weighted by molar-refractivity contribution is 9.10. The molecule has 0 saturated carbocycles. The molecule has 1 fully saturated rings. The summed E-state index contributed by atoms with van der Waals surface area (Å²) in [5.74, 6) is -0.515. The Bertz CT molecular complexity index is 1690. The summed E-state index contributed by atoms with van der Waals surface area (Å²) in [4.78, 5) is 32.4. The molecule has 0 atom stereocenters. The average molecular weight is 609 g/mol. The Labute approximate surface area is 235 Å². The molecular weight excluding hydrogens is 589 g/mol. The molecule has 0 bridgehead atoms. The maximum absolute atomic E-state index is 13.5. The number of hydrogen-bond donors (Lipinski definition) is 1. The molecule has 11 heteroatoms. The lowest BCUT2D eigenvalue weighted by Crippen LogP contribution is -2.69. The van der Waals surface area contributed by atoms with Gasteiger partial charge in [-0.05, 0) is 54.1 Å². The van der Waals surface area contributed by atoms with E-state index in [0.29, 0.717) is 22.1 Å². The van der Waals surface area contributed by atoms with E-state index in [1.54, 1.807) is 51.9 Å². The van der Waals surface area contributed by atoms with E-state index in [1.165, 1.54) is 12.3 Å². The topological polar surface area (TPSA) is 92.7 Å². The van der Waals surface area contributed by atoms with E-state index in [9.17, 15) is 14.0 Å². The van der Waals surface area contributed by atoms with Crippen LogP contribution in [0.25, 0.3) is 17.0 Å². The number of aromatic nitrogens is 3. The molecule has 2 amide bonds. The highest BCUT2D eigenvalue weighted by Gasteiger charge is 2.48. The summed E-state index contributed by atoms with van der Waals surface area (Å²) in [7, 11) is 0. The number of hydrogen-bond acceptors (Lipinski definition) is 5. The molecular formula is C28H20BrClFN5O3. The minimum absolute atomic E-state index is 0.0569. The lowest BCUT2D eigenvalue weighted by molar-refractivity contribution is -0.139. The van der Waals surface area contributed by atoms with Gasteiger partial charge in [0.05, 0.1) is 12.1 Å². The first-order valence-corrected chi connectivity index (χ1v) is 13.2. The smallest absolute Gasteiger partial charge is 0.274 e. The van der Waals surface area contributed by atoms with E-state index in [4.69, 9.17) is 16.1 Å². The summed E-state index contributed by atoms with van der Waals surface area (Å²) in [5, 5.41) is 7.63. The number of fused-ring (bicyclic) bond motifs is 1. The molecule has 1 aliphatic rings. The average Bonchev–Trinajstić information content (AvgIpc) is 3.54. The van der Waals surface area contributed by atoms with Crippen LogP contribution in [-0.4, -0.2) is 44.3 Å². The Morgan fingerprint density at radius 1 is 1.05 bits per heavy atom. The van der Waals surface area contributed by atoms with Gasteiger partial charge in [0.25, 0.3) is 5.91 Å². The Balaban J connectivity index is 1.19. The largest absolute Gasteiger partial charge is 0.355 e. The number of halogens is 3.